The molecule has 2 aliphatic rings. The van der Waals surface area contributed by atoms with Gasteiger partial charge in [-0.2, -0.15) is 23.1 Å². The molecule has 1 aromatic heterocycles. The highest BCUT2D eigenvalue weighted by Gasteiger charge is 2.37. The standard InChI is InChI=1S/C29H36F3N7O2/c1-5-26(40)39-15-14-38(19-21(39)18-33-4)27-22-12-13-37(25-11-9-8-10-23(25)29(30,31)32)20-24(22)34-28(35-27)41-17-16-36(6-2)7-3/h5,8-11,21H,1,6-7,12-20H2,2-3H3. The molecule has 220 valence electrons. The summed E-state index contributed by atoms with van der Waals surface area (Å²) in [6.07, 6.45) is -2.78. The third kappa shape index (κ3) is 6.90. The Morgan fingerprint density at radius 1 is 1.20 bits per heavy atom. The number of hydrogen-bond donors (Lipinski definition) is 0. The van der Waals surface area contributed by atoms with Crippen LogP contribution in [0, 0.1) is 6.57 Å². The normalized spacial score (nSPS) is 17.3. The lowest BCUT2D eigenvalue weighted by Gasteiger charge is -2.41. The number of likely N-dealkylation sites (N-methyl/N-ethyl adjacent to an activating group) is 1. The number of aromatic nitrogens is 2. The van der Waals surface area contributed by atoms with E-state index in [9.17, 15) is 18.0 Å². The second-order valence-electron chi connectivity index (χ2n) is 9.99. The summed E-state index contributed by atoms with van der Waals surface area (Å²) in [5.74, 6) is 0.430. The van der Waals surface area contributed by atoms with Crippen LogP contribution in [-0.4, -0.2) is 90.7 Å². The maximum atomic E-state index is 13.8. The number of para-hydroxylation sites is 1. The first kappa shape index (κ1) is 30.1. The van der Waals surface area contributed by atoms with Crippen molar-refractivity contribution in [2.75, 3.05) is 68.8 Å². The predicted molar refractivity (Wildman–Crippen MR) is 151 cm³/mol. The topological polar surface area (TPSA) is 69.4 Å². The highest BCUT2D eigenvalue weighted by molar-refractivity contribution is 5.87. The van der Waals surface area contributed by atoms with E-state index in [-0.39, 0.29) is 36.7 Å². The average molecular weight is 572 g/mol. The van der Waals surface area contributed by atoms with Crippen molar-refractivity contribution in [2.45, 2.75) is 39.0 Å². The quantitative estimate of drug-likeness (QED) is 0.317. The van der Waals surface area contributed by atoms with Crippen molar-refractivity contribution in [3.63, 3.8) is 0 Å². The third-order valence-corrected chi connectivity index (χ3v) is 7.65. The smallest absolute Gasteiger partial charge is 0.418 e. The van der Waals surface area contributed by atoms with E-state index in [0.29, 0.717) is 57.3 Å². The second-order valence-corrected chi connectivity index (χ2v) is 9.99. The molecule has 41 heavy (non-hydrogen) atoms. The summed E-state index contributed by atoms with van der Waals surface area (Å²) in [5.41, 5.74) is 0.899. The number of halogens is 3. The number of piperazine rings is 1. The molecule has 1 atom stereocenters. The fourth-order valence-corrected chi connectivity index (χ4v) is 5.43. The molecular weight excluding hydrogens is 535 g/mol. The van der Waals surface area contributed by atoms with E-state index >= 15 is 0 Å². The molecule has 0 aliphatic carbocycles. The highest BCUT2D eigenvalue weighted by Crippen LogP contribution is 2.39. The summed E-state index contributed by atoms with van der Waals surface area (Å²) in [6, 6.07) is 5.41. The molecule has 1 saturated heterocycles. The first-order chi connectivity index (χ1) is 19.7. The van der Waals surface area contributed by atoms with Gasteiger partial charge >= 0.3 is 12.2 Å². The lowest BCUT2D eigenvalue weighted by Crippen LogP contribution is -2.56. The molecule has 12 heteroatoms. The van der Waals surface area contributed by atoms with Crippen LogP contribution < -0.4 is 14.5 Å². The van der Waals surface area contributed by atoms with Gasteiger partial charge in [0.15, 0.2) is 0 Å². The zero-order chi connectivity index (χ0) is 29.6. The Morgan fingerprint density at radius 2 is 1.95 bits per heavy atom. The maximum Gasteiger partial charge on any atom is 0.418 e. The van der Waals surface area contributed by atoms with Gasteiger partial charge in [-0.15, -0.1) is 0 Å². The van der Waals surface area contributed by atoms with Crippen molar-refractivity contribution >= 4 is 17.4 Å². The second kappa shape index (κ2) is 13.2. The molecule has 0 saturated carbocycles. The van der Waals surface area contributed by atoms with E-state index in [1.54, 1.807) is 15.9 Å². The Morgan fingerprint density at radius 3 is 2.63 bits per heavy atom. The average Bonchev–Trinajstić information content (AvgIpc) is 2.98. The predicted octanol–water partition coefficient (Wildman–Crippen LogP) is 3.90. The van der Waals surface area contributed by atoms with E-state index in [2.05, 4.69) is 35.2 Å². The van der Waals surface area contributed by atoms with Crippen molar-refractivity contribution in [3.05, 3.63) is 65.2 Å². The first-order valence-electron chi connectivity index (χ1n) is 13.9. The number of fused-ring (bicyclic) bond motifs is 1. The Labute approximate surface area is 239 Å². The van der Waals surface area contributed by atoms with Gasteiger partial charge in [-0.05, 0) is 37.7 Å². The minimum absolute atomic E-state index is 0.114. The minimum atomic E-state index is -4.48. The molecule has 1 fully saturated rings. The summed E-state index contributed by atoms with van der Waals surface area (Å²) in [4.78, 5) is 33.0. The van der Waals surface area contributed by atoms with Crippen LogP contribution in [0.4, 0.5) is 24.7 Å². The molecule has 3 heterocycles. The number of amides is 1. The number of benzene rings is 1. The molecule has 0 N–H and O–H groups in total. The Hall–Kier alpha value is -3.85. The van der Waals surface area contributed by atoms with Crippen molar-refractivity contribution in [2.24, 2.45) is 0 Å². The first-order valence-corrected chi connectivity index (χ1v) is 13.9. The number of rotatable bonds is 10. The van der Waals surface area contributed by atoms with Crippen LogP contribution in [-0.2, 0) is 23.9 Å². The number of nitrogens with zero attached hydrogens (tertiary/aromatic N) is 7. The lowest BCUT2D eigenvalue weighted by atomic mass is 10.0. The minimum Gasteiger partial charge on any atom is -0.462 e. The van der Waals surface area contributed by atoms with Gasteiger partial charge < -0.3 is 29.2 Å². The molecule has 0 spiro atoms. The van der Waals surface area contributed by atoms with E-state index in [1.807, 2.05) is 4.90 Å². The maximum absolute atomic E-state index is 13.8. The molecule has 1 aromatic carbocycles. The van der Waals surface area contributed by atoms with Crippen molar-refractivity contribution in [1.82, 2.24) is 19.8 Å². The number of carbonyl (C=O) groups excluding carboxylic acids is 1. The fraction of sp³-hybridized carbons (Fsp3) is 0.517. The van der Waals surface area contributed by atoms with E-state index in [0.717, 1.165) is 24.7 Å². The van der Waals surface area contributed by atoms with Crippen LogP contribution >= 0.6 is 0 Å². The molecule has 4 rings (SSSR count). The van der Waals surface area contributed by atoms with Crippen molar-refractivity contribution < 1.29 is 22.7 Å². The number of alkyl halides is 3. The highest BCUT2D eigenvalue weighted by atomic mass is 19.4. The number of ether oxygens (including phenoxy) is 1. The van der Waals surface area contributed by atoms with Crippen LogP contribution in [0.25, 0.3) is 4.85 Å². The third-order valence-electron chi connectivity index (χ3n) is 7.65. The van der Waals surface area contributed by atoms with Gasteiger partial charge in [-0.1, -0.05) is 32.6 Å². The van der Waals surface area contributed by atoms with Gasteiger partial charge in [0.25, 0.3) is 0 Å². The molecule has 1 unspecified atom stereocenters. The van der Waals surface area contributed by atoms with Crippen LogP contribution in [0.5, 0.6) is 6.01 Å². The zero-order valence-electron chi connectivity index (χ0n) is 23.5. The molecule has 2 aliphatic heterocycles. The van der Waals surface area contributed by atoms with Gasteiger partial charge in [-0.25, -0.2) is 6.57 Å². The molecule has 1 amide bonds. The van der Waals surface area contributed by atoms with Gasteiger partial charge in [0.1, 0.15) is 18.5 Å². The summed E-state index contributed by atoms with van der Waals surface area (Å²) in [5, 5.41) is 0. The van der Waals surface area contributed by atoms with Gasteiger partial charge in [-0.3, -0.25) is 4.79 Å². The Balaban J connectivity index is 1.67. The molecular formula is C29H36F3N7O2. The monoisotopic (exact) mass is 571 g/mol. The fourth-order valence-electron chi connectivity index (χ4n) is 5.43. The van der Waals surface area contributed by atoms with Gasteiger partial charge in [0.2, 0.25) is 12.5 Å². The van der Waals surface area contributed by atoms with Crippen molar-refractivity contribution in [1.29, 1.82) is 0 Å². The Kier molecular flexibility index (Phi) is 9.70. The van der Waals surface area contributed by atoms with Crippen LogP contribution in [0.3, 0.4) is 0 Å². The summed E-state index contributed by atoms with van der Waals surface area (Å²) in [6.45, 7) is 19.9. The van der Waals surface area contributed by atoms with Crippen molar-refractivity contribution in [3.8, 4) is 6.01 Å². The number of carbonyl (C=O) groups is 1. The van der Waals surface area contributed by atoms with Crippen LogP contribution in [0.15, 0.2) is 36.9 Å². The van der Waals surface area contributed by atoms with Gasteiger partial charge in [0.05, 0.1) is 17.8 Å². The molecule has 9 nitrogen and oxygen atoms in total. The summed E-state index contributed by atoms with van der Waals surface area (Å²) in [7, 11) is 0. The van der Waals surface area contributed by atoms with Crippen LogP contribution in [0.1, 0.15) is 30.7 Å². The SMILES string of the molecule is [C-]#[N+]CC1CN(c2nc(OCCN(CC)CC)nc3c2CCN(c2ccccc2C(F)(F)F)C3)CCN1C(=O)C=C. The van der Waals surface area contributed by atoms with E-state index < -0.39 is 11.7 Å². The zero-order valence-corrected chi connectivity index (χ0v) is 23.5. The van der Waals surface area contributed by atoms with Crippen LogP contribution in [0.2, 0.25) is 0 Å². The number of hydrogen-bond acceptors (Lipinski definition) is 7. The number of anilines is 2. The van der Waals surface area contributed by atoms with E-state index in [1.165, 1.54) is 18.2 Å². The van der Waals surface area contributed by atoms with Gasteiger partial charge in [0, 0.05) is 44.0 Å². The lowest BCUT2D eigenvalue weighted by molar-refractivity contribution is -0.137. The summed E-state index contributed by atoms with van der Waals surface area (Å²) < 4.78 is 47.4. The Bertz CT molecular complexity index is 1280. The molecule has 0 bridgehead atoms. The largest absolute Gasteiger partial charge is 0.462 e. The van der Waals surface area contributed by atoms with E-state index in [4.69, 9.17) is 16.3 Å². The molecule has 0 radical (unpaired) electrons. The summed E-state index contributed by atoms with van der Waals surface area (Å²) >= 11 is 0. The molecule has 2 aromatic rings.